The molecule has 1 heteroatoms. The van der Waals surface area contributed by atoms with Crippen molar-refractivity contribution in [1.29, 1.82) is 0 Å². The zero-order valence-electron chi connectivity index (χ0n) is 15.8. The van der Waals surface area contributed by atoms with Crippen LogP contribution >= 0.6 is 0 Å². The summed E-state index contributed by atoms with van der Waals surface area (Å²) in [6.45, 7) is 17.0. The Labute approximate surface area is 152 Å². The molecule has 0 saturated heterocycles. The van der Waals surface area contributed by atoms with Crippen LogP contribution in [0.2, 0.25) is 0 Å². The van der Waals surface area contributed by atoms with Gasteiger partial charge >= 0.3 is 0 Å². The Bertz CT molecular complexity index is 815. The lowest BCUT2D eigenvalue weighted by Gasteiger charge is -2.17. The third-order valence-electron chi connectivity index (χ3n) is 4.18. The maximum absolute atomic E-state index is 4.69. The first-order valence-corrected chi connectivity index (χ1v) is 8.60. The molecular formula is C24H27N. The summed E-state index contributed by atoms with van der Waals surface area (Å²) in [6, 6.07) is 17.2. The number of hydrogen-bond acceptors (Lipinski definition) is 1. The van der Waals surface area contributed by atoms with Crippen molar-refractivity contribution in [2.45, 2.75) is 27.7 Å². The molecule has 0 aliphatic rings. The van der Waals surface area contributed by atoms with Gasteiger partial charge in [-0.1, -0.05) is 72.3 Å². The van der Waals surface area contributed by atoms with Gasteiger partial charge in [0.05, 0.1) is 6.54 Å². The molecule has 2 aromatic carbocycles. The van der Waals surface area contributed by atoms with Crippen molar-refractivity contribution in [3.05, 3.63) is 95.6 Å². The van der Waals surface area contributed by atoms with E-state index in [1.54, 1.807) is 0 Å². The minimum absolute atomic E-state index is 0.610. The van der Waals surface area contributed by atoms with E-state index in [0.29, 0.717) is 6.54 Å². The van der Waals surface area contributed by atoms with Crippen LogP contribution in [0.5, 0.6) is 0 Å². The molecule has 0 atom stereocenters. The van der Waals surface area contributed by atoms with Gasteiger partial charge in [-0.25, -0.2) is 0 Å². The van der Waals surface area contributed by atoms with Crippen molar-refractivity contribution in [2.24, 2.45) is 4.99 Å². The number of nitrogens with zero attached hydrogens (tertiary/aromatic N) is 1. The number of hydrogen-bond donors (Lipinski definition) is 0. The van der Waals surface area contributed by atoms with Crippen LogP contribution in [0.3, 0.4) is 0 Å². The zero-order chi connectivity index (χ0) is 18.4. The molecule has 0 amide bonds. The van der Waals surface area contributed by atoms with Crippen LogP contribution in [-0.2, 0) is 0 Å². The molecule has 0 aliphatic heterocycles. The van der Waals surface area contributed by atoms with Crippen LogP contribution in [-0.4, -0.2) is 12.3 Å². The standard InChI is InChI=1S/C24H27N/c1-7-16-25-20(6)24(22-14-10-19(5)11-15-22)23(17(2)3)21-12-8-18(4)9-13-21/h7-15H,1-2,16H2,3-6H3/b24-23-,25-20?. The maximum atomic E-state index is 4.69. The molecule has 25 heavy (non-hydrogen) atoms. The lowest BCUT2D eigenvalue weighted by Crippen LogP contribution is -2.04. The normalized spacial score (nSPS) is 12.6. The number of aryl methyl sites for hydroxylation is 2. The lowest BCUT2D eigenvalue weighted by atomic mass is 9.87. The molecule has 2 aromatic rings. The predicted molar refractivity (Wildman–Crippen MR) is 112 cm³/mol. The van der Waals surface area contributed by atoms with Gasteiger partial charge in [-0.2, -0.15) is 0 Å². The smallest absolute Gasteiger partial charge is 0.0571 e. The SMILES string of the molecule is C=CCN=C(C)/C(=C(\C(=C)C)c1ccc(C)cc1)c1ccc(C)cc1. The first-order chi connectivity index (χ1) is 11.9. The van der Waals surface area contributed by atoms with Crippen molar-refractivity contribution in [1.82, 2.24) is 0 Å². The second-order valence-corrected chi connectivity index (χ2v) is 6.48. The van der Waals surface area contributed by atoms with Crippen molar-refractivity contribution >= 4 is 16.9 Å². The van der Waals surface area contributed by atoms with Gasteiger partial charge in [0.1, 0.15) is 0 Å². The van der Waals surface area contributed by atoms with Gasteiger partial charge < -0.3 is 0 Å². The summed E-state index contributed by atoms with van der Waals surface area (Å²) in [6.07, 6.45) is 1.82. The highest BCUT2D eigenvalue weighted by molar-refractivity contribution is 6.31. The molecular weight excluding hydrogens is 302 g/mol. The van der Waals surface area contributed by atoms with Crippen molar-refractivity contribution in [3.8, 4) is 0 Å². The fourth-order valence-corrected chi connectivity index (χ4v) is 2.86. The summed E-state index contributed by atoms with van der Waals surface area (Å²) >= 11 is 0. The van der Waals surface area contributed by atoms with Gasteiger partial charge in [-0.3, -0.25) is 4.99 Å². The average molecular weight is 329 g/mol. The van der Waals surface area contributed by atoms with Crippen molar-refractivity contribution in [2.75, 3.05) is 6.54 Å². The zero-order valence-corrected chi connectivity index (χ0v) is 15.8. The van der Waals surface area contributed by atoms with E-state index in [0.717, 1.165) is 28.0 Å². The van der Waals surface area contributed by atoms with Crippen LogP contribution in [0.25, 0.3) is 11.1 Å². The summed E-state index contributed by atoms with van der Waals surface area (Å²) in [5.74, 6) is 0. The summed E-state index contributed by atoms with van der Waals surface area (Å²) in [7, 11) is 0. The molecule has 1 nitrogen and oxygen atoms in total. The highest BCUT2D eigenvalue weighted by atomic mass is 14.7. The number of rotatable bonds is 6. The van der Waals surface area contributed by atoms with Gasteiger partial charge in [-0.15, -0.1) is 6.58 Å². The summed E-state index contributed by atoms with van der Waals surface area (Å²) in [5.41, 5.74) is 9.15. The van der Waals surface area contributed by atoms with E-state index in [1.165, 1.54) is 16.7 Å². The molecule has 0 saturated carbocycles. The lowest BCUT2D eigenvalue weighted by molar-refractivity contribution is 1.25. The summed E-state index contributed by atoms with van der Waals surface area (Å²) in [4.78, 5) is 4.69. The van der Waals surface area contributed by atoms with Crippen LogP contribution < -0.4 is 0 Å². The minimum atomic E-state index is 0.610. The number of allylic oxidation sites excluding steroid dienone is 3. The van der Waals surface area contributed by atoms with E-state index in [9.17, 15) is 0 Å². The fourth-order valence-electron chi connectivity index (χ4n) is 2.86. The topological polar surface area (TPSA) is 12.4 Å². The largest absolute Gasteiger partial charge is 0.285 e. The predicted octanol–water partition coefficient (Wildman–Crippen LogP) is 6.44. The number of benzene rings is 2. The monoisotopic (exact) mass is 329 g/mol. The Morgan fingerprint density at radius 2 is 1.28 bits per heavy atom. The maximum Gasteiger partial charge on any atom is 0.0571 e. The van der Waals surface area contributed by atoms with Crippen LogP contribution in [0.1, 0.15) is 36.1 Å². The van der Waals surface area contributed by atoms with E-state index in [-0.39, 0.29) is 0 Å². The molecule has 0 aliphatic carbocycles. The fraction of sp³-hybridized carbons (Fsp3) is 0.208. The van der Waals surface area contributed by atoms with Crippen molar-refractivity contribution < 1.29 is 0 Å². The van der Waals surface area contributed by atoms with Gasteiger partial charge in [-0.05, 0) is 50.0 Å². The molecule has 0 bridgehead atoms. The molecule has 0 unspecified atom stereocenters. The summed E-state index contributed by atoms with van der Waals surface area (Å²) in [5, 5.41) is 0. The van der Waals surface area contributed by atoms with E-state index >= 15 is 0 Å². The third kappa shape index (κ3) is 4.67. The van der Waals surface area contributed by atoms with Crippen LogP contribution in [0.4, 0.5) is 0 Å². The number of aliphatic imine (C=N–C) groups is 1. The van der Waals surface area contributed by atoms with E-state index < -0.39 is 0 Å². The first kappa shape index (κ1) is 18.7. The third-order valence-corrected chi connectivity index (χ3v) is 4.18. The second-order valence-electron chi connectivity index (χ2n) is 6.48. The Balaban J connectivity index is 2.77. The second kappa shape index (κ2) is 8.43. The van der Waals surface area contributed by atoms with Gasteiger partial charge in [0.15, 0.2) is 0 Å². The molecule has 0 spiro atoms. The van der Waals surface area contributed by atoms with Crippen LogP contribution in [0, 0.1) is 13.8 Å². The summed E-state index contributed by atoms with van der Waals surface area (Å²) < 4.78 is 0. The molecule has 0 fully saturated rings. The Kier molecular flexibility index (Phi) is 6.30. The highest BCUT2D eigenvalue weighted by Gasteiger charge is 2.15. The van der Waals surface area contributed by atoms with E-state index in [2.05, 4.69) is 94.4 Å². The molecule has 0 heterocycles. The Morgan fingerprint density at radius 3 is 1.68 bits per heavy atom. The van der Waals surface area contributed by atoms with Crippen LogP contribution in [0.15, 0.2) is 78.3 Å². The minimum Gasteiger partial charge on any atom is -0.285 e. The van der Waals surface area contributed by atoms with E-state index in [1.807, 2.05) is 6.08 Å². The molecule has 2 rings (SSSR count). The molecule has 0 aromatic heterocycles. The molecule has 0 radical (unpaired) electrons. The molecule has 0 N–H and O–H groups in total. The first-order valence-electron chi connectivity index (χ1n) is 8.60. The average Bonchev–Trinajstić information content (AvgIpc) is 2.59. The van der Waals surface area contributed by atoms with Gasteiger partial charge in [0.25, 0.3) is 0 Å². The van der Waals surface area contributed by atoms with Crippen molar-refractivity contribution in [3.63, 3.8) is 0 Å². The molecule has 128 valence electrons. The Hall–Kier alpha value is -2.67. The highest BCUT2D eigenvalue weighted by Crippen LogP contribution is 2.33. The van der Waals surface area contributed by atoms with Gasteiger partial charge in [0, 0.05) is 11.3 Å². The van der Waals surface area contributed by atoms with E-state index in [4.69, 9.17) is 0 Å². The van der Waals surface area contributed by atoms with Gasteiger partial charge in [0.2, 0.25) is 0 Å². The quantitative estimate of drug-likeness (QED) is 0.250. The Morgan fingerprint density at radius 1 is 0.840 bits per heavy atom.